The van der Waals surface area contributed by atoms with Gasteiger partial charge in [-0.15, -0.1) is 0 Å². The molecule has 1 aromatic carbocycles. The molecule has 1 saturated carbocycles. The Balaban J connectivity index is 1.89. The van der Waals surface area contributed by atoms with E-state index in [0.717, 1.165) is 18.4 Å². The zero-order valence-corrected chi connectivity index (χ0v) is 14.6. The summed E-state index contributed by atoms with van der Waals surface area (Å²) in [7, 11) is -3.50. The fourth-order valence-corrected chi connectivity index (χ4v) is 4.24. The second kappa shape index (κ2) is 5.80. The molecule has 1 fully saturated rings. The Kier molecular flexibility index (Phi) is 4.10. The molecule has 0 amide bonds. The largest absolute Gasteiger partial charge is 0.468 e. The van der Waals surface area contributed by atoms with E-state index in [0.29, 0.717) is 17.2 Å². The number of hydrogen-bond donors (Lipinski definition) is 0. The standard InChI is InChI=1S/C18H23NO3S/c1-18(2,3)14-6-10-17(11-7-14)23(20,21)19(15-8-9-15)13-16-5-4-12-22-16/h4-7,10-12,15H,8-9,13H2,1-3H3. The van der Waals surface area contributed by atoms with Crippen molar-refractivity contribution >= 4 is 10.0 Å². The molecule has 124 valence electrons. The van der Waals surface area contributed by atoms with E-state index in [1.165, 1.54) is 0 Å². The van der Waals surface area contributed by atoms with Crippen molar-refractivity contribution in [2.75, 3.05) is 0 Å². The molecule has 2 aromatic rings. The van der Waals surface area contributed by atoms with E-state index in [1.54, 1.807) is 28.8 Å². The van der Waals surface area contributed by atoms with Gasteiger partial charge in [-0.1, -0.05) is 32.9 Å². The van der Waals surface area contributed by atoms with E-state index in [2.05, 4.69) is 20.8 Å². The third kappa shape index (κ3) is 3.51. The maximum absolute atomic E-state index is 13.0. The summed E-state index contributed by atoms with van der Waals surface area (Å²) in [4.78, 5) is 0.351. The van der Waals surface area contributed by atoms with E-state index >= 15 is 0 Å². The van der Waals surface area contributed by atoms with Crippen LogP contribution in [0.2, 0.25) is 0 Å². The van der Waals surface area contributed by atoms with Gasteiger partial charge in [0.2, 0.25) is 10.0 Å². The van der Waals surface area contributed by atoms with Crippen LogP contribution in [0.3, 0.4) is 0 Å². The van der Waals surface area contributed by atoms with Gasteiger partial charge in [0, 0.05) is 6.04 Å². The Bertz CT molecular complexity index is 752. The minimum atomic E-state index is -3.50. The van der Waals surface area contributed by atoms with Gasteiger partial charge in [0.15, 0.2) is 0 Å². The van der Waals surface area contributed by atoms with Crippen LogP contribution >= 0.6 is 0 Å². The van der Waals surface area contributed by atoms with Gasteiger partial charge in [0.1, 0.15) is 5.76 Å². The van der Waals surface area contributed by atoms with Crippen molar-refractivity contribution in [3.63, 3.8) is 0 Å². The summed E-state index contributed by atoms with van der Waals surface area (Å²) < 4.78 is 32.9. The normalized spacial score (nSPS) is 16.0. The summed E-state index contributed by atoms with van der Waals surface area (Å²) in [5, 5.41) is 0. The van der Waals surface area contributed by atoms with Gasteiger partial charge in [0.25, 0.3) is 0 Å². The van der Waals surface area contributed by atoms with Crippen LogP contribution < -0.4 is 0 Å². The van der Waals surface area contributed by atoms with Crippen LogP contribution in [0.4, 0.5) is 0 Å². The first-order valence-electron chi connectivity index (χ1n) is 7.93. The van der Waals surface area contributed by atoms with Crippen molar-refractivity contribution in [3.05, 3.63) is 54.0 Å². The third-order valence-corrected chi connectivity index (χ3v) is 6.09. The molecule has 0 N–H and O–H groups in total. The molecule has 0 bridgehead atoms. The van der Waals surface area contributed by atoms with E-state index < -0.39 is 10.0 Å². The monoisotopic (exact) mass is 333 g/mol. The summed E-state index contributed by atoms with van der Waals surface area (Å²) in [5.74, 6) is 0.673. The molecule has 23 heavy (non-hydrogen) atoms. The van der Waals surface area contributed by atoms with Crippen molar-refractivity contribution in [2.45, 2.75) is 56.5 Å². The molecule has 0 unspecified atom stereocenters. The lowest BCUT2D eigenvalue weighted by Gasteiger charge is -2.22. The van der Waals surface area contributed by atoms with Gasteiger partial charge in [-0.05, 0) is 48.1 Å². The quantitative estimate of drug-likeness (QED) is 0.833. The van der Waals surface area contributed by atoms with Crippen LogP contribution in [0.15, 0.2) is 52.0 Å². The lowest BCUT2D eigenvalue weighted by Crippen LogP contribution is -2.32. The highest BCUT2D eigenvalue weighted by Gasteiger charge is 2.38. The van der Waals surface area contributed by atoms with E-state index in [4.69, 9.17) is 4.42 Å². The number of furan rings is 1. The Morgan fingerprint density at radius 1 is 1.13 bits per heavy atom. The molecular formula is C18H23NO3S. The molecule has 1 aromatic heterocycles. The summed E-state index contributed by atoms with van der Waals surface area (Å²) in [6, 6.07) is 10.9. The summed E-state index contributed by atoms with van der Waals surface area (Å²) >= 11 is 0. The lowest BCUT2D eigenvalue weighted by atomic mass is 9.87. The number of nitrogens with zero attached hydrogens (tertiary/aromatic N) is 1. The van der Waals surface area contributed by atoms with Gasteiger partial charge >= 0.3 is 0 Å². The van der Waals surface area contributed by atoms with E-state index in [1.807, 2.05) is 18.2 Å². The molecule has 1 heterocycles. The van der Waals surface area contributed by atoms with Gasteiger partial charge in [-0.2, -0.15) is 4.31 Å². The fourth-order valence-electron chi connectivity index (χ4n) is 2.59. The first-order valence-corrected chi connectivity index (χ1v) is 9.37. The van der Waals surface area contributed by atoms with Gasteiger partial charge in [-0.25, -0.2) is 8.42 Å². The van der Waals surface area contributed by atoms with Crippen LogP contribution in [-0.4, -0.2) is 18.8 Å². The minimum absolute atomic E-state index is 0.00659. The Morgan fingerprint density at radius 3 is 2.26 bits per heavy atom. The molecule has 0 saturated heterocycles. The highest BCUT2D eigenvalue weighted by Crippen LogP contribution is 2.34. The SMILES string of the molecule is CC(C)(C)c1ccc(S(=O)(=O)N(Cc2ccco2)C2CC2)cc1. The predicted octanol–water partition coefficient (Wildman–Crippen LogP) is 3.93. The molecule has 0 atom stereocenters. The molecule has 0 radical (unpaired) electrons. The van der Waals surface area contributed by atoms with Gasteiger partial charge < -0.3 is 4.42 Å². The van der Waals surface area contributed by atoms with Gasteiger partial charge in [-0.3, -0.25) is 0 Å². The first-order chi connectivity index (χ1) is 10.8. The Morgan fingerprint density at radius 2 is 1.78 bits per heavy atom. The topological polar surface area (TPSA) is 50.5 Å². The molecule has 1 aliphatic carbocycles. The third-order valence-electron chi connectivity index (χ3n) is 4.17. The number of rotatable bonds is 5. The van der Waals surface area contributed by atoms with Crippen LogP contribution in [0, 0.1) is 0 Å². The number of hydrogen-bond acceptors (Lipinski definition) is 3. The summed E-state index contributed by atoms with van der Waals surface area (Å²) in [5.41, 5.74) is 1.13. The van der Waals surface area contributed by atoms with Crippen molar-refractivity contribution < 1.29 is 12.8 Å². The second-order valence-corrected chi connectivity index (χ2v) is 9.03. The van der Waals surface area contributed by atoms with E-state index in [9.17, 15) is 8.42 Å². The molecule has 0 spiro atoms. The van der Waals surface area contributed by atoms with Crippen LogP contribution in [0.1, 0.15) is 44.9 Å². The zero-order chi connectivity index (χ0) is 16.7. The summed E-state index contributed by atoms with van der Waals surface area (Å²) in [6.45, 7) is 6.64. The maximum atomic E-state index is 13.0. The molecule has 3 rings (SSSR count). The van der Waals surface area contributed by atoms with Crippen molar-refractivity contribution in [1.82, 2.24) is 4.31 Å². The Labute approximate surface area is 138 Å². The van der Waals surface area contributed by atoms with Crippen molar-refractivity contribution in [2.24, 2.45) is 0 Å². The fraction of sp³-hybridized carbons (Fsp3) is 0.444. The average Bonchev–Trinajstić information content (AvgIpc) is 3.20. The average molecular weight is 333 g/mol. The molecule has 5 heteroatoms. The smallest absolute Gasteiger partial charge is 0.243 e. The lowest BCUT2D eigenvalue weighted by molar-refractivity contribution is 0.356. The first kappa shape index (κ1) is 16.3. The van der Waals surface area contributed by atoms with Crippen molar-refractivity contribution in [1.29, 1.82) is 0 Å². The molecular weight excluding hydrogens is 310 g/mol. The highest BCUT2D eigenvalue weighted by molar-refractivity contribution is 7.89. The number of benzene rings is 1. The maximum Gasteiger partial charge on any atom is 0.243 e. The summed E-state index contributed by atoms with van der Waals surface area (Å²) in [6.07, 6.45) is 3.41. The zero-order valence-electron chi connectivity index (χ0n) is 13.8. The minimum Gasteiger partial charge on any atom is -0.468 e. The Hall–Kier alpha value is -1.59. The van der Waals surface area contributed by atoms with E-state index in [-0.39, 0.29) is 11.5 Å². The van der Waals surface area contributed by atoms with Gasteiger partial charge in [0.05, 0.1) is 17.7 Å². The molecule has 4 nitrogen and oxygen atoms in total. The van der Waals surface area contributed by atoms with Crippen LogP contribution in [-0.2, 0) is 22.0 Å². The van der Waals surface area contributed by atoms with Crippen molar-refractivity contribution in [3.8, 4) is 0 Å². The second-order valence-electron chi connectivity index (χ2n) is 7.14. The highest BCUT2D eigenvalue weighted by atomic mass is 32.2. The number of sulfonamides is 1. The van der Waals surface area contributed by atoms with Crippen LogP contribution in [0.25, 0.3) is 0 Å². The molecule has 1 aliphatic rings. The van der Waals surface area contributed by atoms with Crippen LogP contribution in [0.5, 0.6) is 0 Å². The molecule has 0 aliphatic heterocycles. The predicted molar refractivity (Wildman–Crippen MR) is 89.6 cm³/mol.